The van der Waals surface area contributed by atoms with E-state index in [1.807, 2.05) is 44.3 Å². The number of aromatic nitrogens is 2. The van der Waals surface area contributed by atoms with Crippen LogP contribution < -0.4 is 11.1 Å². The molecule has 18 heavy (non-hydrogen) atoms. The summed E-state index contributed by atoms with van der Waals surface area (Å²) in [6.07, 6.45) is 1.67. The maximum absolute atomic E-state index is 11.6. The van der Waals surface area contributed by atoms with E-state index in [4.69, 9.17) is 5.73 Å². The van der Waals surface area contributed by atoms with Gasteiger partial charge in [-0.05, 0) is 19.1 Å². The second kappa shape index (κ2) is 4.91. The first-order valence-electron chi connectivity index (χ1n) is 5.69. The van der Waals surface area contributed by atoms with Crippen LogP contribution in [0, 0.1) is 6.92 Å². The molecule has 0 saturated heterocycles. The molecule has 5 heteroatoms. The molecule has 1 unspecified atom stereocenters. The van der Waals surface area contributed by atoms with Gasteiger partial charge in [0.1, 0.15) is 6.04 Å². The van der Waals surface area contributed by atoms with Crippen LogP contribution in [0.15, 0.2) is 36.5 Å². The van der Waals surface area contributed by atoms with Crippen molar-refractivity contribution in [3.63, 3.8) is 0 Å². The molecular weight excluding hydrogens is 228 g/mol. The highest BCUT2D eigenvalue weighted by molar-refractivity contribution is 5.84. The van der Waals surface area contributed by atoms with E-state index in [-0.39, 0.29) is 0 Å². The second-order valence-corrected chi connectivity index (χ2v) is 4.15. The van der Waals surface area contributed by atoms with E-state index in [1.54, 1.807) is 10.9 Å². The molecule has 1 atom stereocenters. The summed E-state index contributed by atoms with van der Waals surface area (Å²) in [6, 6.07) is 8.93. The third kappa shape index (κ3) is 2.34. The van der Waals surface area contributed by atoms with Crippen molar-refractivity contribution in [1.29, 1.82) is 0 Å². The smallest absolute Gasteiger partial charge is 0.244 e. The van der Waals surface area contributed by atoms with Gasteiger partial charge in [0.2, 0.25) is 5.91 Å². The fraction of sp³-hybridized carbons (Fsp3) is 0.231. The Hall–Kier alpha value is -2.30. The number of nitrogens with two attached hydrogens (primary N) is 1. The molecule has 0 fully saturated rings. The van der Waals surface area contributed by atoms with Crippen LogP contribution in [-0.2, 0) is 11.8 Å². The topological polar surface area (TPSA) is 72.9 Å². The molecular formula is C13H16N4O. The Balaban J connectivity index is 2.30. The number of hydrogen-bond acceptors (Lipinski definition) is 3. The fourth-order valence-corrected chi connectivity index (χ4v) is 1.80. The highest BCUT2D eigenvalue weighted by Crippen LogP contribution is 2.21. The largest absolute Gasteiger partial charge is 0.370 e. The van der Waals surface area contributed by atoms with Crippen LogP contribution in [0.1, 0.15) is 17.3 Å². The van der Waals surface area contributed by atoms with Crippen molar-refractivity contribution >= 4 is 11.6 Å². The van der Waals surface area contributed by atoms with Crippen LogP contribution >= 0.6 is 0 Å². The quantitative estimate of drug-likeness (QED) is 0.853. The van der Waals surface area contributed by atoms with Crippen molar-refractivity contribution in [2.75, 3.05) is 5.32 Å². The van der Waals surface area contributed by atoms with Gasteiger partial charge in [0.05, 0.1) is 6.20 Å². The van der Waals surface area contributed by atoms with Crippen LogP contribution in [-0.4, -0.2) is 15.7 Å². The number of benzene rings is 1. The molecule has 0 spiro atoms. The lowest BCUT2D eigenvalue weighted by Gasteiger charge is -2.16. The van der Waals surface area contributed by atoms with E-state index in [0.717, 1.165) is 16.9 Å². The molecule has 1 aromatic carbocycles. The highest BCUT2D eigenvalue weighted by Gasteiger charge is 2.21. The van der Waals surface area contributed by atoms with E-state index in [0.29, 0.717) is 0 Å². The van der Waals surface area contributed by atoms with Gasteiger partial charge in [0, 0.05) is 24.0 Å². The molecule has 2 rings (SSSR count). The van der Waals surface area contributed by atoms with Crippen LogP contribution in [0.2, 0.25) is 0 Å². The summed E-state index contributed by atoms with van der Waals surface area (Å²) in [5, 5.41) is 7.25. The molecule has 1 amide bonds. The van der Waals surface area contributed by atoms with Crippen molar-refractivity contribution < 1.29 is 4.79 Å². The SMILES string of the molecule is Cc1c(C(Nc2ccccc2)C(N)=O)cnn1C. The Morgan fingerprint density at radius 2 is 2.06 bits per heavy atom. The maximum Gasteiger partial charge on any atom is 0.244 e. The molecule has 1 aromatic heterocycles. The number of hydrogen-bond donors (Lipinski definition) is 2. The number of aryl methyl sites for hydroxylation is 1. The average molecular weight is 244 g/mol. The molecule has 0 bridgehead atoms. The first-order valence-corrected chi connectivity index (χ1v) is 5.69. The van der Waals surface area contributed by atoms with E-state index < -0.39 is 11.9 Å². The number of carbonyl (C=O) groups excluding carboxylic acids is 1. The van der Waals surface area contributed by atoms with E-state index in [2.05, 4.69) is 10.4 Å². The van der Waals surface area contributed by atoms with Gasteiger partial charge in [-0.3, -0.25) is 9.48 Å². The average Bonchev–Trinajstić information content (AvgIpc) is 2.68. The van der Waals surface area contributed by atoms with Crippen molar-refractivity contribution in [2.45, 2.75) is 13.0 Å². The first kappa shape index (κ1) is 12.2. The van der Waals surface area contributed by atoms with Gasteiger partial charge in [-0.1, -0.05) is 18.2 Å². The van der Waals surface area contributed by atoms with Crippen molar-refractivity contribution in [1.82, 2.24) is 9.78 Å². The number of nitrogens with zero attached hydrogens (tertiary/aromatic N) is 2. The third-order valence-corrected chi connectivity index (χ3v) is 2.95. The van der Waals surface area contributed by atoms with Gasteiger partial charge >= 0.3 is 0 Å². The van der Waals surface area contributed by atoms with Crippen molar-refractivity contribution in [2.24, 2.45) is 12.8 Å². The van der Waals surface area contributed by atoms with Crippen LogP contribution in [0.25, 0.3) is 0 Å². The molecule has 0 aliphatic carbocycles. The number of carbonyl (C=O) groups is 1. The van der Waals surface area contributed by atoms with E-state index >= 15 is 0 Å². The Kier molecular flexibility index (Phi) is 3.32. The number of primary amides is 1. The number of nitrogens with one attached hydrogen (secondary N) is 1. The second-order valence-electron chi connectivity index (χ2n) is 4.15. The Morgan fingerprint density at radius 3 is 2.56 bits per heavy atom. The number of anilines is 1. The molecule has 0 radical (unpaired) electrons. The molecule has 3 N–H and O–H groups in total. The predicted molar refractivity (Wildman–Crippen MR) is 69.9 cm³/mol. The molecule has 1 heterocycles. The fourth-order valence-electron chi connectivity index (χ4n) is 1.80. The van der Waals surface area contributed by atoms with E-state index in [1.165, 1.54) is 0 Å². The Labute approximate surface area is 106 Å². The van der Waals surface area contributed by atoms with Crippen LogP contribution in [0.4, 0.5) is 5.69 Å². The van der Waals surface area contributed by atoms with Gasteiger partial charge in [-0.25, -0.2) is 0 Å². The molecule has 94 valence electrons. The van der Waals surface area contributed by atoms with Gasteiger partial charge in [-0.15, -0.1) is 0 Å². The van der Waals surface area contributed by atoms with Crippen molar-refractivity contribution in [3.8, 4) is 0 Å². The van der Waals surface area contributed by atoms with Gasteiger partial charge in [0.15, 0.2) is 0 Å². The molecule has 5 nitrogen and oxygen atoms in total. The standard InChI is InChI=1S/C13H16N4O/c1-9-11(8-15-17(9)2)12(13(14)18)16-10-6-4-3-5-7-10/h3-8,12,16H,1-2H3,(H2,14,18). The zero-order valence-electron chi connectivity index (χ0n) is 10.4. The zero-order valence-corrected chi connectivity index (χ0v) is 10.4. The molecule has 0 aliphatic heterocycles. The lowest BCUT2D eigenvalue weighted by Crippen LogP contribution is -2.28. The third-order valence-electron chi connectivity index (χ3n) is 2.95. The lowest BCUT2D eigenvalue weighted by atomic mass is 10.1. The van der Waals surface area contributed by atoms with Crippen LogP contribution in [0.5, 0.6) is 0 Å². The summed E-state index contributed by atoms with van der Waals surface area (Å²) < 4.78 is 1.72. The van der Waals surface area contributed by atoms with Crippen LogP contribution in [0.3, 0.4) is 0 Å². The molecule has 0 aliphatic rings. The monoisotopic (exact) mass is 244 g/mol. The summed E-state index contributed by atoms with van der Waals surface area (Å²) in [4.78, 5) is 11.6. The normalized spacial score (nSPS) is 12.1. The van der Waals surface area contributed by atoms with Crippen molar-refractivity contribution in [3.05, 3.63) is 47.8 Å². The molecule has 2 aromatic rings. The summed E-state index contributed by atoms with van der Waals surface area (Å²) in [6.45, 7) is 1.91. The minimum atomic E-state index is -0.568. The predicted octanol–water partition coefficient (Wildman–Crippen LogP) is 1.37. The highest BCUT2D eigenvalue weighted by atomic mass is 16.1. The first-order chi connectivity index (χ1) is 8.59. The maximum atomic E-state index is 11.6. The minimum Gasteiger partial charge on any atom is -0.370 e. The van der Waals surface area contributed by atoms with Gasteiger partial charge in [0.25, 0.3) is 0 Å². The van der Waals surface area contributed by atoms with Gasteiger partial charge in [-0.2, -0.15) is 5.10 Å². The summed E-state index contributed by atoms with van der Waals surface area (Å²) >= 11 is 0. The lowest BCUT2D eigenvalue weighted by molar-refractivity contribution is -0.118. The van der Waals surface area contributed by atoms with E-state index in [9.17, 15) is 4.79 Å². The minimum absolute atomic E-state index is 0.421. The molecule has 0 saturated carbocycles. The Bertz CT molecular complexity index is 547. The number of amides is 1. The number of para-hydroxylation sites is 1. The summed E-state index contributed by atoms with van der Waals surface area (Å²) in [7, 11) is 1.83. The zero-order chi connectivity index (χ0) is 13.1. The Morgan fingerprint density at radius 1 is 1.39 bits per heavy atom. The summed E-state index contributed by atoms with van der Waals surface area (Å²) in [5.74, 6) is -0.421. The summed E-state index contributed by atoms with van der Waals surface area (Å²) in [5.41, 5.74) is 8.03. The van der Waals surface area contributed by atoms with Gasteiger partial charge < -0.3 is 11.1 Å². The number of rotatable bonds is 4.